The van der Waals surface area contributed by atoms with Crippen molar-refractivity contribution in [2.45, 2.75) is 12.8 Å². The third kappa shape index (κ3) is 2.98. The molecule has 1 unspecified atom stereocenters. The van der Waals surface area contributed by atoms with Crippen LogP contribution in [0.15, 0.2) is 28.7 Å². The quantitative estimate of drug-likeness (QED) is 0.860. The number of carbonyl (C=O) groups excluding carboxylic acids is 1. The van der Waals surface area contributed by atoms with Crippen LogP contribution < -0.4 is 5.73 Å². The van der Waals surface area contributed by atoms with Crippen molar-refractivity contribution in [1.82, 2.24) is 14.8 Å². The second-order valence-electron chi connectivity index (χ2n) is 4.19. The summed E-state index contributed by atoms with van der Waals surface area (Å²) in [7, 11) is 1.68. The second kappa shape index (κ2) is 6.04. The van der Waals surface area contributed by atoms with Gasteiger partial charge in [0.1, 0.15) is 5.92 Å². The van der Waals surface area contributed by atoms with Crippen molar-refractivity contribution in [2.24, 2.45) is 7.05 Å². The van der Waals surface area contributed by atoms with Crippen LogP contribution in [0.3, 0.4) is 0 Å². The number of hydrogen-bond acceptors (Lipinski definition) is 5. The molecule has 0 saturated heterocycles. The molecule has 1 aromatic carbocycles. The van der Waals surface area contributed by atoms with E-state index >= 15 is 0 Å². The highest BCUT2D eigenvalue weighted by Crippen LogP contribution is 2.26. The first-order valence-electron chi connectivity index (χ1n) is 6.11. The monoisotopic (exact) mass is 338 g/mol. The molecule has 0 saturated carbocycles. The summed E-state index contributed by atoms with van der Waals surface area (Å²) in [5.41, 5.74) is 6.44. The third-order valence-corrected chi connectivity index (χ3v) is 3.27. The summed E-state index contributed by atoms with van der Waals surface area (Å²) in [5.74, 6) is -0.488. The average molecular weight is 339 g/mol. The SMILES string of the molecule is CCOC(=O)C(c1cccc(Br)c1)c1nc(N)n(C)n1. The van der Waals surface area contributed by atoms with Crippen LogP contribution in [-0.2, 0) is 16.6 Å². The number of aromatic nitrogens is 3. The lowest BCUT2D eigenvalue weighted by Gasteiger charge is -2.13. The molecule has 7 heteroatoms. The normalized spacial score (nSPS) is 12.2. The number of anilines is 1. The lowest BCUT2D eigenvalue weighted by molar-refractivity contribution is -0.144. The Kier molecular flexibility index (Phi) is 4.39. The van der Waals surface area contributed by atoms with Crippen LogP contribution in [0.1, 0.15) is 24.2 Å². The zero-order valence-electron chi connectivity index (χ0n) is 11.2. The highest BCUT2D eigenvalue weighted by Gasteiger charge is 2.28. The van der Waals surface area contributed by atoms with E-state index in [-0.39, 0.29) is 5.95 Å². The van der Waals surface area contributed by atoms with Gasteiger partial charge in [0.05, 0.1) is 6.61 Å². The van der Waals surface area contributed by atoms with Gasteiger partial charge in [0.2, 0.25) is 5.95 Å². The number of nitrogens with two attached hydrogens (primary N) is 1. The molecule has 0 fully saturated rings. The van der Waals surface area contributed by atoms with E-state index < -0.39 is 11.9 Å². The molecule has 0 aliphatic heterocycles. The van der Waals surface area contributed by atoms with Gasteiger partial charge in [-0.3, -0.25) is 4.79 Å². The molecule has 2 aromatic rings. The molecule has 0 aliphatic rings. The van der Waals surface area contributed by atoms with Crippen LogP contribution in [0, 0.1) is 0 Å². The highest BCUT2D eigenvalue weighted by molar-refractivity contribution is 9.10. The summed E-state index contributed by atoms with van der Waals surface area (Å²) >= 11 is 3.39. The third-order valence-electron chi connectivity index (χ3n) is 2.78. The minimum atomic E-state index is -0.684. The zero-order chi connectivity index (χ0) is 14.7. The molecular formula is C13H15BrN4O2. The number of nitrogens with zero attached hydrogens (tertiary/aromatic N) is 3. The number of hydrogen-bond donors (Lipinski definition) is 1. The van der Waals surface area contributed by atoms with Gasteiger partial charge in [-0.25, -0.2) is 4.68 Å². The van der Waals surface area contributed by atoms with Gasteiger partial charge in [0.25, 0.3) is 0 Å². The molecule has 2 N–H and O–H groups in total. The van der Waals surface area contributed by atoms with Gasteiger partial charge in [-0.15, -0.1) is 0 Å². The fraction of sp³-hybridized carbons (Fsp3) is 0.308. The Morgan fingerprint density at radius 3 is 2.85 bits per heavy atom. The molecule has 2 rings (SSSR count). The summed E-state index contributed by atoms with van der Waals surface area (Å²) in [6, 6.07) is 7.40. The summed E-state index contributed by atoms with van der Waals surface area (Å²) in [6.45, 7) is 2.06. The zero-order valence-corrected chi connectivity index (χ0v) is 12.8. The van der Waals surface area contributed by atoms with Gasteiger partial charge >= 0.3 is 5.97 Å². The molecule has 1 aromatic heterocycles. The molecule has 1 atom stereocenters. The van der Waals surface area contributed by atoms with Crippen molar-refractivity contribution in [1.29, 1.82) is 0 Å². The van der Waals surface area contributed by atoms with E-state index in [2.05, 4.69) is 26.0 Å². The van der Waals surface area contributed by atoms with Crippen molar-refractivity contribution < 1.29 is 9.53 Å². The molecule has 0 radical (unpaired) electrons. The van der Waals surface area contributed by atoms with Gasteiger partial charge in [0.15, 0.2) is 5.82 Å². The maximum atomic E-state index is 12.2. The van der Waals surface area contributed by atoms with E-state index in [1.165, 1.54) is 4.68 Å². The topological polar surface area (TPSA) is 83.0 Å². The second-order valence-corrected chi connectivity index (χ2v) is 5.11. The predicted molar refractivity (Wildman–Crippen MR) is 78.0 cm³/mol. The lowest BCUT2D eigenvalue weighted by Crippen LogP contribution is -2.19. The van der Waals surface area contributed by atoms with Crippen LogP contribution in [0.2, 0.25) is 0 Å². The maximum absolute atomic E-state index is 12.2. The van der Waals surface area contributed by atoms with E-state index in [0.717, 1.165) is 10.0 Å². The number of aryl methyl sites for hydroxylation is 1. The molecule has 0 spiro atoms. The Labute approximate surface area is 125 Å². The summed E-state index contributed by atoms with van der Waals surface area (Å²) in [6.07, 6.45) is 0. The van der Waals surface area contributed by atoms with Gasteiger partial charge in [-0.2, -0.15) is 10.1 Å². The molecule has 106 valence electrons. The van der Waals surface area contributed by atoms with Gasteiger partial charge in [0, 0.05) is 11.5 Å². The standard InChI is InChI=1S/C13H15BrN4O2/c1-3-20-12(19)10(8-5-4-6-9(14)7-8)11-16-13(15)18(2)17-11/h4-7,10H,3H2,1-2H3,(H2,15,16,17). The fourth-order valence-electron chi connectivity index (χ4n) is 1.84. The molecule has 0 aliphatic carbocycles. The van der Waals surface area contributed by atoms with Crippen LogP contribution in [-0.4, -0.2) is 27.3 Å². The minimum absolute atomic E-state index is 0.254. The average Bonchev–Trinajstić information content (AvgIpc) is 2.70. The van der Waals surface area contributed by atoms with Crippen molar-refractivity contribution >= 4 is 27.8 Å². The van der Waals surface area contributed by atoms with E-state index in [9.17, 15) is 4.79 Å². The summed E-state index contributed by atoms with van der Waals surface area (Å²) < 4.78 is 7.42. The van der Waals surface area contributed by atoms with E-state index in [4.69, 9.17) is 10.5 Å². The van der Waals surface area contributed by atoms with Gasteiger partial charge < -0.3 is 10.5 Å². The van der Waals surface area contributed by atoms with Gasteiger partial charge in [-0.05, 0) is 24.6 Å². The number of rotatable bonds is 4. The molecule has 0 amide bonds. The van der Waals surface area contributed by atoms with Crippen LogP contribution in [0.5, 0.6) is 0 Å². The van der Waals surface area contributed by atoms with Crippen molar-refractivity contribution in [3.05, 3.63) is 40.1 Å². The molecule has 1 heterocycles. The van der Waals surface area contributed by atoms with Crippen LogP contribution in [0.25, 0.3) is 0 Å². The number of ether oxygens (including phenoxy) is 1. The summed E-state index contributed by atoms with van der Waals surface area (Å²) in [5, 5.41) is 4.18. The van der Waals surface area contributed by atoms with E-state index in [0.29, 0.717) is 12.4 Å². The molecule has 0 bridgehead atoms. The smallest absolute Gasteiger partial charge is 0.321 e. The first kappa shape index (κ1) is 14.5. The molecular weight excluding hydrogens is 324 g/mol. The number of halogens is 1. The van der Waals surface area contributed by atoms with Crippen molar-refractivity contribution in [3.8, 4) is 0 Å². The number of benzene rings is 1. The Morgan fingerprint density at radius 2 is 2.30 bits per heavy atom. The maximum Gasteiger partial charge on any atom is 0.321 e. The number of nitrogen functional groups attached to an aromatic ring is 1. The van der Waals surface area contributed by atoms with Crippen molar-refractivity contribution in [3.63, 3.8) is 0 Å². The number of carbonyl (C=O) groups is 1. The Bertz CT molecular complexity index is 607. The van der Waals surface area contributed by atoms with Gasteiger partial charge in [-0.1, -0.05) is 28.1 Å². The summed E-state index contributed by atoms with van der Waals surface area (Å²) in [4.78, 5) is 16.3. The van der Waals surface area contributed by atoms with Crippen LogP contribution in [0.4, 0.5) is 5.95 Å². The first-order valence-corrected chi connectivity index (χ1v) is 6.90. The molecule has 6 nitrogen and oxygen atoms in total. The minimum Gasteiger partial charge on any atom is -0.465 e. The van der Waals surface area contributed by atoms with Crippen molar-refractivity contribution in [2.75, 3.05) is 12.3 Å². The lowest BCUT2D eigenvalue weighted by atomic mass is 9.98. The van der Waals surface area contributed by atoms with E-state index in [1.54, 1.807) is 14.0 Å². The van der Waals surface area contributed by atoms with Crippen LogP contribution >= 0.6 is 15.9 Å². The number of esters is 1. The first-order chi connectivity index (χ1) is 9.52. The largest absolute Gasteiger partial charge is 0.465 e. The molecule has 20 heavy (non-hydrogen) atoms. The predicted octanol–water partition coefficient (Wildman–Crippen LogP) is 1.85. The Hall–Kier alpha value is -1.89. The fourth-order valence-corrected chi connectivity index (χ4v) is 2.26. The Balaban J connectivity index is 2.47. The highest BCUT2D eigenvalue weighted by atomic mass is 79.9. The van der Waals surface area contributed by atoms with E-state index in [1.807, 2.05) is 24.3 Å². The Morgan fingerprint density at radius 1 is 1.55 bits per heavy atom.